The first-order valence-electron chi connectivity index (χ1n) is 6.62. The zero-order valence-corrected chi connectivity index (χ0v) is 11.1. The van der Waals surface area contributed by atoms with Gasteiger partial charge in [0, 0.05) is 31.0 Å². The molecule has 2 unspecified atom stereocenters. The van der Waals surface area contributed by atoms with E-state index in [9.17, 15) is 4.79 Å². The number of carbonyl (C=O) groups is 1. The summed E-state index contributed by atoms with van der Waals surface area (Å²) in [5.74, 6) is 0.487. The van der Waals surface area contributed by atoms with Crippen LogP contribution in [0.5, 0.6) is 0 Å². The largest absolute Gasteiger partial charge is 0.337 e. The molecule has 0 saturated carbocycles. The van der Waals surface area contributed by atoms with Crippen LogP contribution in [0.25, 0.3) is 0 Å². The summed E-state index contributed by atoms with van der Waals surface area (Å²) in [6.07, 6.45) is 3.64. The number of likely N-dealkylation sites (tertiary alicyclic amines) is 1. The molecular formula is C14H21N3O. The van der Waals surface area contributed by atoms with Gasteiger partial charge in [-0.05, 0) is 30.9 Å². The Bertz CT molecular complexity index is 416. The Morgan fingerprint density at radius 3 is 2.89 bits per heavy atom. The van der Waals surface area contributed by atoms with Crippen molar-refractivity contribution in [3.05, 3.63) is 29.6 Å². The van der Waals surface area contributed by atoms with Crippen LogP contribution in [0.4, 0.5) is 0 Å². The number of aromatic nitrogens is 1. The van der Waals surface area contributed by atoms with Crippen LogP contribution < -0.4 is 5.73 Å². The number of nitrogens with zero attached hydrogens (tertiary/aromatic N) is 2. The molecule has 2 N–H and O–H groups in total. The molecule has 4 nitrogen and oxygen atoms in total. The third-order valence-electron chi connectivity index (χ3n) is 3.66. The van der Waals surface area contributed by atoms with Crippen molar-refractivity contribution in [3.8, 4) is 0 Å². The lowest BCUT2D eigenvalue weighted by atomic mass is 10.0. The molecule has 1 aromatic rings. The Labute approximate surface area is 108 Å². The van der Waals surface area contributed by atoms with Crippen LogP contribution in [0.1, 0.15) is 48.7 Å². The number of rotatable bonds is 3. The first-order chi connectivity index (χ1) is 8.61. The second-order valence-electron chi connectivity index (χ2n) is 5.08. The molecule has 0 spiro atoms. The minimum atomic E-state index is 0.0474. The summed E-state index contributed by atoms with van der Waals surface area (Å²) in [4.78, 5) is 18.4. The van der Waals surface area contributed by atoms with Crippen LogP contribution >= 0.6 is 0 Å². The predicted molar refractivity (Wildman–Crippen MR) is 71.4 cm³/mol. The molecule has 98 valence electrons. The fraction of sp³-hybridized carbons (Fsp3) is 0.571. The number of hydrogen-bond donors (Lipinski definition) is 1. The Kier molecular flexibility index (Phi) is 3.97. The summed E-state index contributed by atoms with van der Waals surface area (Å²) in [5.41, 5.74) is 7.52. The van der Waals surface area contributed by atoms with Crippen LogP contribution in [0.3, 0.4) is 0 Å². The highest BCUT2D eigenvalue weighted by atomic mass is 16.2. The minimum absolute atomic E-state index is 0.0474. The molecule has 1 aliphatic rings. The van der Waals surface area contributed by atoms with Crippen molar-refractivity contribution in [2.45, 2.75) is 38.6 Å². The van der Waals surface area contributed by atoms with E-state index < -0.39 is 0 Å². The van der Waals surface area contributed by atoms with Gasteiger partial charge in [0.15, 0.2) is 0 Å². The van der Waals surface area contributed by atoms with E-state index in [0.29, 0.717) is 18.0 Å². The van der Waals surface area contributed by atoms with E-state index in [-0.39, 0.29) is 11.9 Å². The van der Waals surface area contributed by atoms with Crippen LogP contribution in [0, 0.1) is 0 Å². The van der Waals surface area contributed by atoms with Gasteiger partial charge >= 0.3 is 0 Å². The standard InChI is InChI=1S/C14H21N3O/c1-3-10(2)13-5-4-11(8-16-13)14(18)17-7-6-12(15)9-17/h4-5,8,10,12H,3,6-7,9,15H2,1-2H3. The van der Waals surface area contributed by atoms with E-state index in [0.717, 1.165) is 25.1 Å². The minimum Gasteiger partial charge on any atom is -0.337 e. The Hall–Kier alpha value is -1.42. The highest BCUT2D eigenvalue weighted by molar-refractivity contribution is 5.94. The smallest absolute Gasteiger partial charge is 0.255 e. The zero-order chi connectivity index (χ0) is 13.1. The fourth-order valence-electron chi connectivity index (χ4n) is 2.19. The van der Waals surface area contributed by atoms with Gasteiger partial charge in [-0.25, -0.2) is 0 Å². The number of amides is 1. The molecule has 0 aliphatic carbocycles. The topological polar surface area (TPSA) is 59.2 Å². The number of pyridine rings is 1. The summed E-state index contributed by atoms with van der Waals surface area (Å²) in [6.45, 7) is 5.69. The van der Waals surface area contributed by atoms with E-state index in [1.165, 1.54) is 0 Å². The summed E-state index contributed by atoms with van der Waals surface area (Å²) < 4.78 is 0. The normalized spacial score (nSPS) is 21.1. The van der Waals surface area contributed by atoms with E-state index >= 15 is 0 Å². The van der Waals surface area contributed by atoms with Crippen molar-refractivity contribution in [1.29, 1.82) is 0 Å². The molecule has 1 aliphatic heterocycles. The zero-order valence-electron chi connectivity index (χ0n) is 11.1. The van der Waals surface area contributed by atoms with Crippen molar-refractivity contribution in [1.82, 2.24) is 9.88 Å². The Balaban J connectivity index is 2.07. The van der Waals surface area contributed by atoms with E-state index in [4.69, 9.17) is 5.73 Å². The predicted octanol–water partition coefficient (Wildman–Crippen LogP) is 1.77. The van der Waals surface area contributed by atoms with Gasteiger partial charge in [0.25, 0.3) is 5.91 Å². The number of nitrogens with two attached hydrogens (primary N) is 1. The van der Waals surface area contributed by atoms with Crippen molar-refractivity contribution >= 4 is 5.91 Å². The number of carbonyl (C=O) groups excluding carboxylic acids is 1. The fourth-order valence-corrected chi connectivity index (χ4v) is 2.19. The van der Waals surface area contributed by atoms with Gasteiger partial charge in [0.05, 0.1) is 5.56 Å². The van der Waals surface area contributed by atoms with Gasteiger partial charge in [0.2, 0.25) is 0 Å². The lowest BCUT2D eigenvalue weighted by Gasteiger charge is -2.16. The molecule has 1 aromatic heterocycles. The van der Waals surface area contributed by atoms with E-state index in [1.807, 2.05) is 17.0 Å². The second kappa shape index (κ2) is 5.48. The van der Waals surface area contributed by atoms with Crippen molar-refractivity contribution < 1.29 is 4.79 Å². The molecule has 18 heavy (non-hydrogen) atoms. The second-order valence-corrected chi connectivity index (χ2v) is 5.08. The monoisotopic (exact) mass is 247 g/mol. The third-order valence-corrected chi connectivity index (χ3v) is 3.66. The maximum Gasteiger partial charge on any atom is 0.255 e. The van der Waals surface area contributed by atoms with E-state index in [2.05, 4.69) is 18.8 Å². The van der Waals surface area contributed by atoms with Gasteiger partial charge in [-0.3, -0.25) is 9.78 Å². The lowest BCUT2D eigenvalue weighted by molar-refractivity contribution is 0.0790. The summed E-state index contributed by atoms with van der Waals surface area (Å²) in [6, 6.07) is 3.96. The maximum absolute atomic E-state index is 12.2. The van der Waals surface area contributed by atoms with Crippen LogP contribution in [0.15, 0.2) is 18.3 Å². The van der Waals surface area contributed by atoms with Crippen LogP contribution in [-0.2, 0) is 0 Å². The molecule has 1 saturated heterocycles. The molecule has 0 radical (unpaired) electrons. The highest BCUT2D eigenvalue weighted by Crippen LogP contribution is 2.17. The van der Waals surface area contributed by atoms with Gasteiger partial charge < -0.3 is 10.6 Å². The molecular weight excluding hydrogens is 226 g/mol. The van der Waals surface area contributed by atoms with Crippen molar-refractivity contribution in [2.75, 3.05) is 13.1 Å². The van der Waals surface area contributed by atoms with Crippen LogP contribution in [0.2, 0.25) is 0 Å². The number of hydrogen-bond acceptors (Lipinski definition) is 3. The molecule has 2 rings (SSSR count). The van der Waals surface area contributed by atoms with Crippen molar-refractivity contribution in [3.63, 3.8) is 0 Å². The van der Waals surface area contributed by atoms with Gasteiger partial charge in [-0.1, -0.05) is 13.8 Å². The summed E-state index contributed by atoms with van der Waals surface area (Å²) in [5, 5.41) is 0. The highest BCUT2D eigenvalue weighted by Gasteiger charge is 2.24. The van der Waals surface area contributed by atoms with Gasteiger partial charge in [-0.15, -0.1) is 0 Å². The molecule has 0 aromatic carbocycles. The first-order valence-corrected chi connectivity index (χ1v) is 6.62. The average molecular weight is 247 g/mol. The molecule has 0 bridgehead atoms. The average Bonchev–Trinajstić information content (AvgIpc) is 2.84. The molecule has 1 fully saturated rings. The van der Waals surface area contributed by atoms with Gasteiger partial charge in [-0.2, -0.15) is 0 Å². The molecule has 2 heterocycles. The third kappa shape index (κ3) is 2.70. The van der Waals surface area contributed by atoms with Crippen LogP contribution in [-0.4, -0.2) is 34.9 Å². The quantitative estimate of drug-likeness (QED) is 0.885. The molecule has 1 amide bonds. The molecule has 2 atom stereocenters. The summed E-state index contributed by atoms with van der Waals surface area (Å²) in [7, 11) is 0. The first kappa shape index (κ1) is 13.0. The maximum atomic E-state index is 12.2. The lowest BCUT2D eigenvalue weighted by Crippen LogP contribution is -2.31. The van der Waals surface area contributed by atoms with Crippen molar-refractivity contribution in [2.24, 2.45) is 5.73 Å². The molecule has 4 heteroatoms. The Morgan fingerprint density at radius 2 is 2.39 bits per heavy atom. The summed E-state index contributed by atoms with van der Waals surface area (Å²) >= 11 is 0. The SMILES string of the molecule is CCC(C)c1ccc(C(=O)N2CCC(N)C2)cn1. The Morgan fingerprint density at radius 1 is 1.61 bits per heavy atom. The van der Waals surface area contributed by atoms with E-state index in [1.54, 1.807) is 6.20 Å². The van der Waals surface area contributed by atoms with Gasteiger partial charge in [0.1, 0.15) is 0 Å².